The molecule has 3 rings (SSSR count). The molecular weight excluding hydrogens is 278 g/mol. The van der Waals surface area contributed by atoms with Crippen LogP contribution < -0.4 is 10.5 Å². The van der Waals surface area contributed by atoms with E-state index >= 15 is 0 Å². The van der Waals surface area contributed by atoms with Crippen molar-refractivity contribution in [2.24, 2.45) is 10.7 Å². The van der Waals surface area contributed by atoms with E-state index in [1.165, 1.54) is 0 Å². The third-order valence-corrected chi connectivity index (χ3v) is 3.79. The van der Waals surface area contributed by atoms with E-state index in [-0.39, 0.29) is 0 Å². The van der Waals surface area contributed by atoms with Crippen LogP contribution in [0, 0.1) is 0 Å². The minimum absolute atomic E-state index is 0.398. The molecule has 0 fully saturated rings. The van der Waals surface area contributed by atoms with Crippen LogP contribution in [0.3, 0.4) is 0 Å². The van der Waals surface area contributed by atoms with Crippen LogP contribution in [0.5, 0.6) is 5.75 Å². The van der Waals surface area contributed by atoms with Gasteiger partial charge in [0.1, 0.15) is 23.7 Å². The Labute approximate surface area is 129 Å². The van der Waals surface area contributed by atoms with E-state index in [9.17, 15) is 0 Å². The van der Waals surface area contributed by atoms with Crippen LogP contribution in [0.15, 0.2) is 47.7 Å². The number of ether oxygens (including phenoxy) is 2. The van der Waals surface area contributed by atoms with Crippen molar-refractivity contribution in [2.45, 2.75) is 12.5 Å². The highest BCUT2D eigenvalue weighted by molar-refractivity contribution is 5.82. The summed E-state index contributed by atoms with van der Waals surface area (Å²) in [5, 5.41) is 0. The molecular formula is C17H19N3O2. The zero-order valence-corrected chi connectivity index (χ0v) is 12.7. The van der Waals surface area contributed by atoms with Crippen molar-refractivity contribution in [1.82, 2.24) is 4.98 Å². The molecule has 0 amide bonds. The van der Waals surface area contributed by atoms with Crippen molar-refractivity contribution in [3.63, 3.8) is 0 Å². The highest BCUT2D eigenvalue weighted by atomic mass is 16.5. The van der Waals surface area contributed by atoms with E-state index in [1.54, 1.807) is 13.3 Å². The molecule has 0 aliphatic carbocycles. The number of aliphatic imine (C=N–C) groups is 1. The van der Waals surface area contributed by atoms with Crippen molar-refractivity contribution in [3.8, 4) is 16.9 Å². The van der Waals surface area contributed by atoms with Crippen LogP contribution in [0.2, 0.25) is 0 Å². The molecule has 114 valence electrons. The molecule has 1 atom stereocenters. The van der Waals surface area contributed by atoms with Gasteiger partial charge in [-0.15, -0.1) is 0 Å². The lowest BCUT2D eigenvalue weighted by Gasteiger charge is -2.30. The van der Waals surface area contributed by atoms with Gasteiger partial charge in [-0.05, 0) is 30.2 Å². The largest absolute Gasteiger partial charge is 0.495 e. The van der Waals surface area contributed by atoms with Crippen LogP contribution in [0.1, 0.15) is 12.5 Å². The number of aromatic nitrogens is 1. The van der Waals surface area contributed by atoms with Gasteiger partial charge in [0.15, 0.2) is 0 Å². The van der Waals surface area contributed by atoms with Gasteiger partial charge in [-0.25, -0.2) is 0 Å². The molecule has 0 radical (unpaired) electrons. The Kier molecular flexibility index (Phi) is 3.81. The summed E-state index contributed by atoms with van der Waals surface area (Å²) < 4.78 is 10.8. The second kappa shape index (κ2) is 5.77. The van der Waals surface area contributed by atoms with Gasteiger partial charge >= 0.3 is 0 Å². The van der Waals surface area contributed by atoms with Crippen LogP contribution in [-0.2, 0) is 10.3 Å². The normalized spacial score (nSPS) is 21.3. The highest BCUT2D eigenvalue weighted by Gasteiger charge is 2.30. The summed E-state index contributed by atoms with van der Waals surface area (Å²) >= 11 is 0. The summed E-state index contributed by atoms with van der Waals surface area (Å²) in [4.78, 5) is 8.79. The fraction of sp³-hybridized carbons (Fsp3) is 0.294. The molecule has 1 aromatic heterocycles. The van der Waals surface area contributed by atoms with E-state index < -0.39 is 5.54 Å². The predicted molar refractivity (Wildman–Crippen MR) is 86.0 cm³/mol. The summed E-state index contributed by atoms with van der Waals surface area (Å²) in [6.07, 6.45) is 3.51. The molecule has 5 nitrogen and oxygen atoms in total. The molecule has 2 heterocycles. The number of hydrogen-bond donors (Lipinski definition) is 1. The summed E-state index contributed by atoms with van der Waals surface area (Å²) in [5.41, 5.74) is 8.50. The lowest BCUT2D eigenvalue weighted by Crippen LogP contribution is -2.37. The first-order valence-corrected chi connectivity index (χ1v) is 7.13. The molecule has 0 unspecified atom stereocenters. The van der Waals surface area contributed by atoms with Crippen molar-refractivity contribution in [2.75, 3.05) is 20.3 Å². The van der Waals surface area contributed by atoms with Crippen molar-refractivity contribution in [1.29, 1.82) is 0 Å². The number of rotatable bonds is 3. The Morgan fingerprint density at radius 2 is 2.09 bits per heavy atom. The van der Waals surface area contributed by atoms with Gasteiger partial charge in [0, 0.05) is 11.8 Å². The van der Waals surface area contributed by atoms with E-state index in [1.807, 2.05) is 37.4 Å². The maximum Gasteiger partial charge on any atom is 0.137 e. The fourth-order valence-corrected chi connectivity index (χ4v) is 2.61. The van der Waals surface area contributed by atoms with E-state index in [2.05, 4.69) is 16.0 Å². The zero-order valence-electron chi connectivity index (χ0n) is 12.7. The van der Waals surface area contributed by atoms with Gasteiger partial charge in [-0.2, -0.15) is 0 Å². The van der Waals surface area contributed by atoms with Crippen LogP contribution >= 0.6 is 0 Å². The topological polar surface area (TPSA) is 69.7 Å². The zero-order chi connectivity index (χ0) is 15.6. The molecule has 1 aliphatic rings. The first kappa shape index (κ1) is 14.5. The average molecular weight is 297 g/mol. The van der Waals surface area contributed by atoms with Gasteiger partial charge in [-0.3, -0.25) is 9.98 Å². The summed E-state index contributed by atoms with van der Waals surface area (Å²) in [5.74, 6) is 1.26. The Morgan fingerprint density at radius 3 is 2.86 bits per heavy atom. The number of hydrogen-bond acceptors (Lipinski definition) is 5. The van der Waals surface area contributed by atoms with Crippen LogP contribution in [-0.4, -0.2) is 31.1 Å². The molecule has 0 saturated carbocycles. The summed E-state index contributed by atoms with van der Waals surface area (Å²) in [6.45, 7) is 2.95. The number of pyridine rings is 1. The van der Waals surface area contributed by atoms with Crippen LogP contribution in [0.25, 0.3) is 11.1 Å². The van der Waals surface area contributed by atoms with E-state index in [0.29, 0.717) is 19.0 Å². The average Bonchev–Trinajstić information content (AvgIpc) is 2.55. The first-order valence-electron chi connectivity index (χ1n) is 7.13. The molecule has 5 heteroatoms. The Bertz CT molecular complexity index is 715. The Hall–Kier alpha value is -2.40. The highest BCUT2D eigenvalue weighted by Crippen LogP contribution is 2.31. The maximum absolute atomic E-state index is 5.83. The van der Waals surface area contributed by atoms with Gasteiger partial charge in [0.05, 0.1) is 19.9 Å². The van der Waals surface area contributed by atoms with Gasteiger partial charge in [0.2, 0.25) is 0 Å². The van der Waals surface area contributed by atoms with Gasteiger partial charge in [0.25, 0.3) is 0 Å². The molecule has 0 saturated heterocycles. The smallest absolute Gasteiger partial charge is 0.137 e. The summed E-state index contributed by atoms with van der Waals surface area (Å²) in [6, 6.07) is 10.2. The number of benzene rings is 1. The molecule has 1 aliphatic heterocycles. The molecule has 0 bridgehead atoms. The van der Waals surface area contributed by atoms with Gasteiger partial charge < -0.3 is 15.2 Å². The third-order valence-electron chi connectivity index (χ3n) is 3.79. The van der Waals surface area contributed by atoms with Gasteiger partial charge in [-0.1, -0.05) is 18.2 Å². The standard InChI is InChI=1S/C17H19N3O2/c1-17(11-22-10-16(18)20-17)14-5-3-4-12(6-14)13-7-15(21-2)9-19-8-13/h3-9H,10-11H2,1-2H3,(H2,18,20)/t17-/m0/s1. The molecule has 2 aromatic rings. The SMILES string of the molecule is COc1cncc(-c2cccc([C@]3(C)COCC(N)=N3)c2)c1. The van der Waals surface area contributed by atoms with Crippen LogP contribution in [0.4, 0.5) is 0 Å². The monoisotopic (exact) mass is 297 g/mol. The lowest BCUT2D eigenvalue weighted by atomic mass is 9.90. The fourth-order valence-electron chi connectivity index (χ4n) is 2.61. The number of nitrogens with zero attached hydrogens (tertiary/aromatic N) is 2. The lowest BCUT2D eigenvalue weighted by molar-refractivity contribution is 0.106. The Morgan fingerprint density at radius 1 is 1.23 bits per heavy atom. The maximum atomic E-state index is 5.83. The molecule has 0 spiro atoms. The summed E-state index contributed by atoms with van der Waals surface area (Å²) in [7, 11) is 1.63. The minimum atomic E-state index is -0.454. The molecule has 1 aromatic carbocycles. The second-order valence-corrected chi connectivity index (χ2v) is 5.56. The van der Waals surface area contributed by atoms with Crippen molar-refractivity contribution in [3.05, 3.63) is 48.3 Å². The minimum Gasteiger partial charge on any atom is -0.495 e. The van der Waals surface area contributed by atoms with Crippen molar-refractivity contribution < 1.29 is 9.47 Å². The number of nitrogens with two attached hydrogens (primary N) is 1. The first-order chi connectivity index (χ1) is 10.6. The predicted octanol–water partition coefficient (Wildman–Crippen LogP) is 2.36. The number of amidine groups is 1. The number of methoxy groups -OCH3 is 1. The van der Waals surface area contributed by atoms with Crippen molar-refractivity contribution >= 4 is 5.84 Å². The third kappa shape index (κ3) is 2.80. The van der Waals surface area contributed by atoms with E-state index in [0.717, 1.165) is 22.4 Å². The molecule has 22 heavy (non-hydrogen) atoms. The van der Waals surface area contributed by atoms with E-state index in [4.69, 9.17) is 15.2 Å². The quantitative estimate of drug-likeness (QED) is 0.944. The Balaban J connectivity index is 2.01. The molecule has 2 N–H and O–H groups in total. The second-order valence-electron chi connectivity index (χ2n) is 5.56.